The number of esters is 1. The molecular formula is C16H19N5O4. The van der Waals surface area contributed by atoms with Gasteiger partial charge in [0.2, 0.25) is 11.6 Å². The minimum Gasteiger partial charge on any atom is -0.465 e. The van der Waals surface area contributed by atoms with Crippen molar-refractivity contribution in [1.29, 1.82) is 0 Å². The van der Waals surface area contributed by atoms with E-state index in [1.165, 1.54) is 13.4 Å². The number of carbonyl (C=O) groups excluding carboxylic acids is 1. The van der Waals surface area contributed by atoms with E-state index in [-0.39, 0.29) is 28.9 Å². The van der Waals surface area contributed by atoms with Crippen LogP contribution in [-0.4, -0.2) is 34.0 Å². The first-order valence-corrected chi connectivity index (χ1v) is 7.68. The molecule has 2 N–H and O–H groups in total. The predicted molar refractivity (Wildman–Crippen MR) is 93.1 cm³/mol. The quantitative estimate of drug-likeness (QED) is 0.446. The Morgan fingerprint density at radius 3 is 2.64 bits per heavy atom. The van der Waals surface area contributed by atoms with Crippen molar-refractivity contribution in [2.75, 3.05) is 17.7 Å². The molecule has 0 saturated heterocycles. The third-order valence-electron chi connectivity index (χ3n) is 3.59. The number of para-hydroxylation sites is 1. The largest absolute Gasteiger partial charge is 0.465 e. The van der Waals surface area contributed by atoms with Crippen LogP contribution in [0.5, 0.6) is 0 Å². The Kier molecular flexibility index (Phi) is 5.83. The Morgan fingerprint density at radius 1 is 1.32 bits per heavy atom. The van der Waals surface area contributed by atoms with E-state index in [1.54, 1.807) is 24.3 Å². The second kappa shape index (κ2) is 8.04. The van der Waals surface area contributed by atoms with Crippen LogP contribution in [0.15, 0.2) is 30.6 Å². The van der Waals surface area contributed by atoms with Gasteiger partial charge in [0.25, 0.3) is 0 Å². The Labute approximate surface area is 144 Å². The number of ether oxygens (including phenoxy) is 1. The summed E-state index contributed by atoms with van der Waals surface area (Å²) in [6.45, 7) is 3.85. The Hall–Kier alpha value is -3.23. The highest BCUT2D eigenvalue weighted by molar-refractivity contribution is 5.96. The van der Waals surface area contributed by atoms with Crippen molar-refractivity contribution in [3.63, 3.8) is 0 Å². The number of anilines is 3. The van der Waals surface area contributed by atoms with E-state index in [4.69, 9.17) is 4.74 Å². The molecule has 0 amide bonds. The average molecular weight is 345 g/mol. The van der Waals surface area contributed by atoms with Crippen LogP contribution in [0.25, 0.3) is 0 Å². The molecule has 0 aliphatic carbocycles. The summed E-state index contributed by atoms with van der Waals surface area (Å²) in [5.74, 6) is -0.452. The molecule has 2 rings (SSSR count). The fourth-order valence-corrected chi connectivity index (χ4v) is 2.09. The van der Waals surface area contributed by atoms with Crippen LogP contribution >= 0.6 is 0 Å². The molecule has 1 aromatic carbocycles. The van der Waals surface area contributed by atoms with Crippen LogP contribution in [-0.2, 0) is 4.74 Å². The smallest absolute Gasteiger partial charge is 0.353 e. The SMILES string of the molecule is CCC(C)Nc1ncnc(Nc2ccccc2C(=O)OC)c1[N+](=O)[O-]. The molecule has 0 saturated carbocycles. The summed E-state index contributed by atoms with van der Waals surface area (Å²) in [7, 11) is 1.26. The van der Waals surface area contributed by atoms with E-state index in [1.807, 2.05) is 13.8 Å². The monoisotopic (exact) mass is 345 g/mol. The van der Waals surface area contributed by atoms with E-state index in [2.05, 4.69) is 20.6 Å². The number of rotatable bonds is 7. The molecule has 0 aliphatic heterocycles. The van der Waals surface area contributed by atoms with E-state index in [0.717, 1.165) is 6.42 Å². The second-order valence-corrected chi connectivity index (χ2v) is 5.29. The first kappa shape index (κ1) is 18.1. The fraction of sp³-hybridized carbons (Fsp3) is 0.312. The Morgan fingerprint density at radius 2 is 2.00 bits per heavy atom. The molecule has 1 atom stereocenters. The van der Waals surface area contributed by atoms with Gasteiger partial charge in [0.05, 0.1) is 23.3 Å². The molecule has 0 radical (unpaired) electrons. The lowest BCUT2D eigenvalue weighted by atomic mass is 10.2. The van der Waals surface area contributed by atoms with Crippen LogP contribution in [0.2, 0.25) is 0 Å². The van der Waals surface area contributed by atoms with Crippen LogP contribution in [0.4, 0.5) is 23.0 Å². The van der Waals surface area contributed by atoms with Crippen LogP contribution in [0.1, 0.15) is 30.6 Å². The summed E-state index contributed by atoms with van der Waals surface area (Å²) >= 11 is 0. The zero-order valence-corrected chi connectivity index (χ0v) is 14.1. The lowest BCUT2D eigenvalue weighted by molar-refractivity contribution is -0.383. The maximum atomic E-state index is 11.9. The Balaban J connectivity index is 2.45. The van der Waals surface area contributed by atoms with Gasteiger partial charge in [0.15, 0.2) is 0 Å². The minimum atomic E-state index is -0.562. The number of nitrogens with one attached hydrogen (secondary N) is 2. The lowest BCUT2D eigenvalue weighted by Crippen LogP contribution is -2.17. The van der Waals surface area contributed by atoms with Crippen molar-refractivity contribution < 1.29 is 14.5 Å². The molecule has 2 aromatic rings. The first-order chi connectivity index (χ1) is 12.0. The van der Waals surface area contributed by atoms with Crippen molar-refractivity contribution >= 4 is 29.0 Å². The van der Waals surface area contributed by atoms with Gasteiger partial charge in [-0.05, 0) is 25.5 Å². The number of methoxy groups -OCH3 is 1. The number of aromatic nitrogens is 2. The van der Waals surface area contributed by atoms with Gasteiger partial charge in [-0.2, -0.15) is 0 Å². The van der Waals surface area contributed by atoms with Gasteiger partial charge in [-0.25, -0.2) is 14.8 Å². The normalized spacial score (nSPS) is 11.5. The summed E-state index contributed by atoms with van der Waals surface area (Å²) < 4.78 is 4.73. The second-order valence-electron chi connectivity index (χ2n) is 5.29. The van der Waals surface area contributed by atoms with Gasteiger partial charge in [-0.1, -0.05) is 19.1 Å². The number of carbonyl (C=O) groups is 1. The van der Waals surface area contributed by atoms with E-state index < -0.39 is 10.9 Å². The fourth-order valence-electron chi connectivity index (χ4n) is 2.09. The zero-order chi connectivity index (χ0) is 18.4. The van der Waals surface area contributed by atoms with E-state index >= 15 is 0 Å². The third kappa shape index (κ3) is 4.19. The van der Waals surface area contributed by atoms with Gasteiger partial charge >= 0.3 is 11.7 Å². The summed E-state index contributed by atoms with van der Waals surface area (Å²) in [5.41, 5.74) is 0.308. The first-order valence-electron chi connectivity index (χ1n) is 7.68. The highest BCUT2D eigenvalue weighted by atomic mass is 16.6. The molecule has 1 unspecified atom stereocenters. The number of benzene rings is 1. The molecule has 0 fully saturated rings. The van der Waals surface area contributed by atoms with Gasteiger partial charge in [-0.15, -0.1) is 0 Å². The van der Waals surface area contributed by atoms with Crippen LogP contribution in [0.3, 0.4) is 0 Å². The predicted octanol–water partition coefficient (Wildman–Crippen LogP) is 3.13. The number of nitro groups is 1. The molecule has 9 heteroatoms. The van der Waals surface area contributed by atoms with Crippen molar-refractivity contribution in [2.24, 2.45) is 0 Å². The molecule has 132 valence electrons. The summed E-state index contributed by atoms with van der Waals surface area (Å²) in [6, 6.07) is 6.53. The molecule has 25 heavy (non-hydrogen) atoms. The van der Waals surface area contributed by atoms with Gasteiger partial charge in [0, 0.05) is 6.04 Å². The molecule has 1 aromatic heterocycles. The van der Waals surface area contributed by atoms with Gasteiger partial charge < -0.3 is 15.4 Å². The highest BCUT2D eigenvalue weighted by Crippen LogP contribution is 2.32. The van der Waals surface area contributed by atoms with Crippen molar-refractivity contribution in [1.82, 2.24) is 9.97 Å². The number of hydrogen-bond acceptors (Lipinski definition) is 8. The highest BCUT2D eigenvalue weighted by Gasteiger charge is 2.25. The molecule has 1 heterocycles. The zero-order valence-electron chi connectivity index (χ0n) is 14.1. The molecular weight excluding hydrogens is 326 g/mol. The third-order valence-corrected chi connectivity index (χ3v) is 3.59. The van der Waals surface area contributed by atoms with Crippen molar-refractivity contribution in [3.8, 4) is 0 Å². The lowest BCUT2D eigenvalue weighted by Gasteiger charge is -2.14. The average Bonchev–Trinajstić information content (AvgIpc) is 2.61. The van der Waals surface area contributed by atoms with Crippen molar-refractivity contribution in [2.45, 2.75) is 26.3 Å². The van der Waals surface area contributed by atoms with Crippen LogP contribution < -0.4 is 10.6 Å². The summed E-state index contributed by atoms with van der Waals surface area (Å²) in [5, 5.41) is 17.4. The standard InChI is InChI=1S/C16H19N5O4/c1-4-10(2)19-14-13(21(23)24)15(18-9-17-14)20-12-8-6-5-7-11(12)16(22)25-3/h5-10H,4H2,1-3H3,(H2,17,18,19,20). The molecule has 0 spiro atoms. The molecule has 0 aliphatic rings. The molecule has 9 nitrogen and oxygen atoms in total. The number of nitrogens with zero attached hydrogens (tertiary/aromatic N) is 3. The molecule has 0 bridgehead atoms. The maximum absolute atomic E-state index is 11.9. The minimum absolute atomic E-state index is 0.00352. The summed E-state index contributed by atoms with van der Waals surface area (Å²) in [4.78, 5) is 30.8. The van der Waals surface area contributed by atoms with E-state index in [0.29, 0.717) is 5.69 Å². The maximum Gasteiger partial charge on any atom is 0.353 e. The topological polar surface area (TPSA) is 119 Å². The number of hydrogen-bond donors (Lipinski definition) is 2. The Bertz CT molecular complexity index is 781. The summed E-state index contributed by atoms with van der Waals surface area (Å²) in [6.07, 6.45) is 2.00. The van der Waals surface area contributed by atoms with E-state index in [9.17, 15) is 14.9 Å². The van der Waals surface area contributed by atoms with Gasteiger partial charge in [0.1, 0.15) is 6.33 Å². The van der Waals surface area contributed by atoms with Gasteiger partial charge in [-0.3, -0.25) is 10.1 Å². The van der Waals surface area contributed by atoms with Crippen molar-refractivity contribution in [3.05, 3.63) is 46.3 Å². The van der Waals surface area contributed by atoms with Crippen LogP contribution in [0, 0.1) is 10.1 Å².